The van der Waals surface area contributed by atoms with Crippen LogP contribution in [-0.2, 0) is 19.1 Å². The Morgan fingerprint density at radius 3 is 2.70 bits per heavy atom. The summed E-state index contributed by atoms with van der Waals surface area (Å²) in [6.07, 6.45) is -0.498. The van der Waals surface area contributed by atoms with Gasteiger partial charge in [0, 0.05) is 13.1 Å². The zero-order valence-electron chi connectivity index (χ0n) is 12.5. The van der Waals surface area contributed by atoms with Crippen molar-refractivity contribution >= 4 is 24.6 Å². The smallest absolute Gasteiger partial charge is 0.320 e. The zero-order chi connectivity index (χ0) is 15.3. The van der Waals surface area contributed by atoms with E-state index in [9.17, 15) is 9.59 Å². The Balaban J connectivity index is 2.36. The van der Waals surface area contributed by atoms with Gasteiger partial charge in [0.25, 0.3) is 0 Å². The number of carbonyl (C=O) groups is 2. The highest BCUT2D eigenvalue weighted by Gasteiger charge is 2.29. The molecule has 20 heavy (non-hydrogen) atoms. The maximum absolute atomic E-state index is 12.1. The third-order valence-electron chi connectivity index (χ3n) is 2.76. The van der Waals surface area contributed by atoms with Crippen molar-refractivity contribution in [2.24, 2.45) is 0 Å². The van der Waals surface area contributed by atoms with E-state index in [0.29, 0.717) is 19.7 Å². The largest absolute Gasteiger partial charge is 0.459 e. The number of hydrogen-bond donors (Lipinski definition) is 2. The summed E-state index contributed by atoms with van der Waals surface area (Å²) < 4.78 is 12.3. The molecular formula is C13H24N2O4S. The van der Waals surface area contributed by atoms with Gasteiger partial charge in [-0.15, -0.1) is 0 Å². The van der Waals surface area contributed by atoms with Crippen LogP contribution in [-0.4, -0.2) is 60.0 Å². The monoisotopic (exact) mass is 304 g/mol. The molecule has 1 aliphatic rings. The lowest BCUT2D eigenvalue weighted by molar-refractivity contribution is -0.153. The summed E-state index contributed by atoms with van der Waals surface area (Å²) >= 11 is 4.22. The first-order valence-corrected chi connectivity index (χ1v) is 7.13. The van der Waals surface area contributed by atoms with E-state index in [2.05, 4.69) is 18.1 Å². The van der Waals surface area contributed by atoms with E-state index in [0.717, 1.165) is 0 Å². The zero-order valence-corrected chi connectivity index (χ0v) is 13.4. The number of carbonyl (C=O) groups excluding carboxylic acids is 2. The number of hydrogen-bond acceptors (Lipinski definition) is 7. The molecule has 0 bridgehead atoms. The number of nitrogens with zero attached hydrogens (tertiary/aromatic N) is 1. The van der Waals surface area contributed by atoms with Gasteiger partial charge in [0.1, 0.15) is 11.7 Å². The fraction of sp³-hybridized carbons (Fsp3) is 0.846. The number of ether oxygens (including phenoxy) is 2. The summed E-state index contributed by atoms with van der Waals surface area (Å²) in [4.78, 5) is 23.7. The molecule has 0 aliphatic carbocycles. The summed E-state index contributed by atoms with van der Waals surface area (Å²) in [5, 5.41) is 2.87. The van der Waals surface area contributed by atoms with E-state index in [-0.39, 0.29) is 18.3 Å². The first-order valence-electron chi connectivity index (χ1n) is 6.73. The Hall–Kier alpha value is -0.630. The van der Waals surface area contributed by atoms with Gasteiger partial charge >= 0.3 is 5.97 Å². The maximum Gasteiger partial charge on any atom is 0.320 e. The molecule has 0 amide bonds. The molecule has 6 nitrogen and oxygen atoms in total. The summed E-state index contributed by atoms with van der Waals surface area (Å²) in [5.74, 6) is -0.454. The molecule has 1 unspecified atom stereocenters. The van der Waals surface area contributed by atoms with E-state index in [1.54, 1.807) is 32.0 Å². The number of Topliss-reactive ketones (excluding diaryl/α,β-unsaturated/α-hetero) is 1. The molecule has 0 radical (unpaired) electrons. The predicted molar refractivity (Wildman–Crippen MR) is 78.6 cm³/mol. The molecule has 1 aliphatic heterocycles. The van der Waals surface area contributed by atoms with Crippen molar-refractivity contribution in [3.05, 3.63) is 0 Å². The Kier molecular flexibility index (Phi) is 6.44. The molecule has 2 atom stereocenters. The molecule has 1 rings (SSSR count). The average Bonchev–Trinajstić information content (AvgIpc) is 2.33. The second-order valence-corrected chi connectivity index (χ2v) is 6.43. The number of rotatable bonds is 5. The molecule has 0 aromatic heterocycles. The van der Waals surface area contributed by atoms with E-state index in [4.69, 9.17) is 9.47 Å². The first-order chi connectivity index (χ1) is 9.19. The third-order valence-corrected chi connectivity index (χ3v) is 3.13. The highest BCUT2D eigenvalue weighted by atomic mass is 32.1. The topological polar surface area (TPSA) is 67.9 Å². The average molecular weight is 304 g/mol. The lowest BCUT2D eigenvalue weighted by Gasteiger charge is -2.29. The van der Waals surface area contributed by atoms with Gasteiger partial charge in [-0.05, 0) is 27.7 Å². The van der Waals surface area contributed by atoms with E-state index in [1.807, 2.05) is 0 Å². The highest BCUT2D eigenvalue weighted by Crippen LogP contribution is 2.10. The number of nitrogens with one attached hydrogen (secondary N) is 1. The van der Waals surface area contributed by atoms with Crippen LogP contribution in [0.5, 0.6) is 0 Å². The first kappa shape index (κ1) is 17.4. The number of morpholine rings is 1. The molecular weight excluding hydrogens is 280 g/mol. The van der Waals surface area contributed by atoms with Crippen molar-refractivity contribution in [1.82, 2.24) is 9.62 Å². The molecule has 1 saturated heterocycles. The van der Waals surface area contributed by atoms with Crippen molar-refractivity contribution in [2.45, 2.75) is 45.4 Å². The fourth-order valence-electron chi connectivity index (χ4n) is 1.80. The highest BCUT2D eigenvalue weighted by molar-refractivity contribution is 7.77. The van der Waals surface area contributed by atoms with Gasteiger partial charge in [-0.25, -0.2) is 4.31 Å². The Bertz CT molecular complexity index is 357. The summed E-state index contributed by atoms with van der Waals surface area (Å²) in [6, 6.07) is -0.465. The predicted octanol–water partition coefficient (Wildman–Crippen LogP) is 0.421. The van der Waals surface area contributed by atoms with Gasteiger partial charge in [-0.3, -0.25) is 14.9 Å². The van der Waals surface area contributed by atoms with Crippen LogP contribution >= 0.6 is 12.8 Å². The van der Waals surface area contributed by atoms with Crippen molar-refractivity contribution in [1.29, 1.82) is 0 Å². The second kappa shape index (κ2) is 7.40. The summed E-state index contributed by atoms with van der Waals surface area (Å²) in [6.45, 7) is 8.77. The van der Waals surface area contributed by atoms with Crippen LogP contribution in [0.1, 0.15) is 27.7 Å². The quantitative estimate of drug-likeness (QED) is 0.567. The lowest BCUT2D eigenvalue weighted by atomic mass is 10.1. The number of esters is 1. The SMILES string of the molecule is C[C@H](NCC(=O)OC(C)(C)C)C(=O)C1CN(S)CCO1. The number of thiol groups is 1. The molecule has 1 heterocycles. The Morgan fingerprint density at radius 2 is 2.15 bits per heavy atom. The fourth-order valence-corrected chi connectivity index (χ4v) is 2.03. The molecule has 7 heteroatoms. The molecule has 0 saturated carbocycles. The maximum atomic E-state index is 12.1. The van der Waals surface area contributed by atoms with Gasteiger partial charge in [0.15, 0.2) is 5.78 Å². The van der Waals surface area contributed by atoms with Crippen LogP contribution in [0.25, 0.3) is 0 Å². The van der Waals surface area contributed by atoms with Crippen LogP contribution in [0.2, 0.25) is 0 Å². The molecule has 1 N–H and O–H groups in total. The van der Waals surface area contributed by atoms with Gasteiger partial charge in [0.05, 0.1) is 19.2 Å². The molecule has 0 aromatic carbocycles. The summed E-state index contributed by atoms with van der Waals surface area (Å²) in [5.41, 5.74) is -0.523. The minimum atomic E-state index is -0.523. The standard InChI is InChI=1S/C13H24N2O4S/c1-9(14-7-11(16)19-13(2,3)4)12(17)10-8-15(20)5-6-18-10/h9-10,14,20H,5-8H2,1-4H3/t9-,10?/m0/s1. The van der Waals surface area contributed by atoms with Crippen molar-refractivity contribution in [3.63, 3.8) is 0 Å². The van der Waals surface area contributed by atoms with Gasteiger partial charge in [0.2, 0.25) is 0 Å². The molecule has 0 aromatic rings. The molecule has 1 fully saturated rings. The minimum absolute atomic E-state index is 0.00147. The van der Waals surface area contributed by atoms with E-state index < -0.39 is 17.7 Å². The van der Waals surface area contributed by atoms with Gasteiger partial charge in [-0.1, -0.05) is 12.8 Å². The second-order valence-electron chi connectivity index (χ2n) is 5.86. The van der Waals surface area contributed by atoms with Crippen molar-refractivity contribution in [3.8, 4) is 0 Å². The molecule has 116 valence electrons. The Morgan fingerprint density at radius 1 is 1.50 bits per heavy atom. The van der Waals surface area contributed by atoms with Gasteiger partial charge < -0.3 is 9.47 Å². The lowest BCUT2D eigenvalue weighted by Crippen LogP contribution is -2.50. The van der Waals surface area contributed by atoms with E-state index >= 15 is 0 Å². The normalized spacial score (nSPS) is 22.4. The van der Waals surface area contributed by atoms with Crippen molar-refractivity contribution in [2.75, 3.05) is 26.2 Å². The van der Waals surface area contributed by atoms with Crippen LogP contribution in [0.15, 0.2) is 0 Å². The molecule has 0 spiro atoms. The van der Waals surface area contributed by atoms with Crippen LogP contribution in [0.4, 0.5) is 0 Å². The van der Waals surface area contributed by atoms with E-state index in [1.165, 1.54) is 0 Å². The van der Waals surface area contributed by atoms with Crippen LogP contribution < -0.4 is 5.32 Å². The summed E-state index contributed by atoms with van der Waals surface area (Å²) in [7, 11) is 0. The van der Waals surface area contributed by atoms with Crippen LogP contribution in [0, 0.1) is 0 Å². The number of ketones is 1. The third kappa shape index (κ3) is 6.21. The van der Waals surface area contributed by atoms with Crippen LogP contribution in [0.3, 0.4) is 0 Å². The minimum Gasteiger partial charge on any atom is -0.459 e. The Labute approximate surface area is 125 Å². The van der Waals surface area contributed by atoms with Gasteiger partial charge in [-0.2, -0.15) is 0 Å². The van der Waals surface area contributed by atoms with Crippen molar-refractivity contribution < 1.29 is 19.1 Å².